The van der Waals surface area contributed by atoms with Crippen molar-refractivity contribution in [1.29, 1.82) is 0 Å². The maximum absolute atomic E-state index is 11.6. The van der Waals surface area contributed by atoms with Gasteiger partial charge in [-0.2, -0.15) is 5.10 Å². The van der Waals surface area contributed by atoms with E-state index in [9.17, 15) is 4.79 Å². The lowest BCUT2D eigenvalue weighted by Crippen LogP contribution is -2.26. The van der Waals surface area contributed by atoms with Crippen LogP contribution in [0.3, 0.4) is 0 Å². The molecule has 4 nitrogen and oxygen atoms in total. The fourth-order valence-corrected chi connectivity index (χ4v) is 1.37. The fourth-order valence-electron chi connectivity index (χ4n) is 1.37. The molecule has 0 fully saturated rings. The first-order chi connectivity index (χ1) is 6.70. The zero-order valence-electron chi connectivity index (χ0n) is 7.84. The van der Waals surface area contributed by atoms with Crippen molar-refractivity contribution in [3.05, 3.63) is 36.2 Å². The second kappa shape index (κ2) is 3.23. The molecule has 0 aliphatic heterocycles. The van der Waals surface area contributed by atoms with E-state index in [-0.39, 0.29) is 5.78 Å². The number of ketones is 1. The lowest BCUT2D eigenvalue weighted by atomic mass is 10.1. The van der Waals surface area contributed by atoms with Gasteiger partial charge in [-0.05, 0) is 19.1 Å². The summed E-state index contributed by atoms with van der Waals surface area (Å²) in [5, 5.41) is 4.06. The Morgan fingerprint density at radius 1 is 1.57 bits per heavy atom. The van der Waals surface area contributed by atoms with E-state index in [0.29, 0.717) is 5.56 Å². The van der Waals surface area contributed by atoms with Crippen LogP contribution in [0.2, 0.25) is 0 Å². The molecule has 0 aliphatic carbocycles. The molecule has 1 atom stereocenters. The van der Waals surface area contributed by atoms with Gasteiger partial charge in [0, 0.05) is 6.20 Å². The number of fused-ring (bicyclic) bond motifs is 1. The largest absolute Gasteiger partial charge is 0.321 e. The Balaban J connectivity index is 2.58. The summed E-state index contributed by atoms with van der Waals surface area (Å²) in [6.45, 7) is 1.68. The third-order valence-corrected chi connectivity index (χ3v) is 2.11. The van der Waals surface area contributed by atoms with Crippen LogP contribution in [0.4, 0.5) is 0 Å². The average Bonchev–Trinajstić information content (AvgIpc) is 2.60. The Morgan fingerprint density at radius 2 is 2.36 bits per heavy atom. The molecule has 2 aromatic rings. The molecule has 14 heavy (non-hydrogen) atoms. The zero-order valence-corrected chi connectivity index (χ0v) is 7.84. The van der Waals surface area contributed by atoms with Crippen LogP contribution in [0.15, 0.2) is 30.6 Å². The number of hydrogen-bond acceptors (Lipinski definition) is 3. The van der Waals surface area contributed by atoms with E-state index < -0.39 is 6.04 Å². The fraction of sp³-hybridized carbons (Fsp3) is 0.200. The molecule has 0 aromatic carbocycles. The molecule has 2 aromatic heterocycles. The van der Waals surface area contributed by atoms with Gasteiger partial charge in [-0.15, -0.1) is 0 Å². The predicted molar refractivity (Wildman–Crippen MR) is 53.2 cm³/mol. The Morgan fingerprint density at radius 3 is 3.07 bits per heavy atom. The normalized spacial score (nSPS) is 13.0. The van der Waals surface area contributed by atoms with Gasteiger partial charge in [-0.1, -0.05) is 6.07 Å². The Labute approximate surface area is 81.3 Å². The lowest BCUT2D eigenvalue weighted by molar-refractivity contribution is 0.0969. The van der Waals surface area contributed by atoms with Crippen molar-refractivity contribution < 1.29 is 4.79 Å². The standard InChI is InChI=1S/C10H11N3O/c1-7(11)10(14)8-6-12-13-5-3-2-4-9(8)13/h2-7H,11H2,1H3. The van der Waals surface area contributed by atoms with Gasteiger partial charge in [-0.3, -0.25) is 4.79 Å². The molecule has 0 saturated carbocycles. The van der Waals surface area contributed by atoms with Crippen LogP contribution < -0.4 is 5.73 Å². The van der Waals surface area contributed by atoms with Gasteiger partial charge < -0.3 is 5.73 Å². The molecule has 0 bridgehead atoms. The summed E-state index contributed by atoms with van der Waals surface area (Å²) in [6, 6.07) is 5.10. The molecule has 0 amide bonds. The summed E-state index contributed by atoms with van der Waals surface area (Å²) in [5.41, 5.74) is 6.92. The van der Waals surface area contributed by atoms with Crippen LogP contribution in [0.25, 0.3) is 5.52 Å². The number of carbonyl (C=O) groups is 1. The molecule has 1 unspecified atom stereocenters. The van der Waals surface area contributed by atoms with E-state index >= 15 is 0 Å². The van der Waals surface area contributed by atoms with E-state index in [4.69, 9.17) is 5.73 Å². The highest BCUT2D eigenvalue weighted by Crippen LogP contribution is 2.11. The van der Waals surface area contributed by atoms with Crippen LogP contribution in [-0.4, -0.2) is 21.4 Å². The van der Waals surface area contributed by atoms with E-state index in [1.54, 1.807) is 23.8 Å². The zero-order chi connectivity index (χ0) is 10.1. The average molecular weight is 189 g/mol. The van der Waals surface area contributed by atoms with Crippen LogP contribution >= 0.6 is 0 Å². The van der Waals surface area contributed by atoms with E-state index in [1.807, 2.05) is 18.2 Å². The van der Waals surface area contributed by atoms with Gasteiger partial charge in [0.05, 0.1) is 23.3 Å². The number of rotatable bonds is 2. The highest BCUT2D eigenvalue weighted by atomic mass is 16.1. The number of hydrogen-bond donors (Lipinski definition) is 1. The van der Waals surface area contributed by atoms with Gasteiger partial charge in [-0.25, -0.2) is 4.52 Å². The summed E-state index contributed by atoms with van der Waals surface area (Å²) in [6.07, 6.45) is 3.36. The van der Waals surface area contributed by atoms with Crippen molar-refractivity contribution in [1.82, 2.24) is 9.61 Å². The van der Waals surface area contributed by atoms with E-state index in [1.165, 1.54) is 0 Å². The molecule has 2 N–H and O–H groups in total. The van der Waals surface area contributed by atoms with Gasteiger partial charge in [0.25, 0.3) is 0 Å². The highest BCUT2D eigenvalue weighted by Gasteiger charge is 2.15. The van der Waals surface area contributed by atoms with Crippen molar-refractivity contribution in [2.24, 2.45) is 5.73 Å². The molecule has 72 valence electrons. The third-order valence-electron chi connectivity index (χ3n) is 2.11. The highest BCUT2D eigenvalue weighted by molar-refractivity contribution is 6.05. The Hall–Kier alpha value is -1.68. The third kappa shape index (κ3) is 1.29. The summed E-state index contributed by atoms with van der Waals surface area (Å²) >= 11 is 0. The van der Waals surface area contributed by atoms with Crippen molar-refractivity contribution in [3.63, 3.8) is 0 Å². The molecule has 0 aliphatic rings. The first-order valence-corrected chi connectivity index (χ1v) is 4.42. The lowest BCUT2D eigenvalue weighted by Gasteiger charge is -2.01. The minimum atomic E-state index is -0.483. The van der Waals surface area contributed by atoms with Crippen molar-refractivity contribution >= 4 is 11.3 Å². The Kier molecular flexibility index (Phi) is 2.05. The topological polar surface area (TPSA) is 60.4 Å². The molecule has 0 spiro atoms. The van der Waals surface area contributed by atoms with E-state index in [0.717, 1.165) is 5.52 Å². The summed E-state index contributed by atoms with van der Waals surface area (Å²) in [5.74, 6) is -0.0776. The molecule has 4 heteroatoms. The number of nitrogens with zero attached hydrogens (tertiary/aromatic N) is 2. The minimum absolute atomic E-state index is 0.0776. The SMILES string of the molecule is CC(N)C(=O)c1cnn2ccccc12. The van der Waals surface area contributed by atoms with Gasteiger partial charge in [0.2, 0.25) is 0 Å². The predicted octanol–water partition coefficient (Wildman–Crippen LogP) is 0.864. The van der Waals surface area contributed by atoms with Gasteiger partial charge in [0.15, 0.2) is 5.78 Å². The molecule has 0 radical (unpaired) electrons. The molecule has 2 rings (SSSR count). The molecule has 0 saturated heterocycles. The Bertz CT molecular complexity index is 473. The number of carbonyl (C=O) groups excluding carboxylic acids is 1. The number of nitrogens with two attached hydrogens (primary N) is 1. The van der Waals surface area contributed by atoms with Crippen molar-refractivity contribution in [2.45, 2.75) is 13.0 Å². The summed E-state index contributed by atoms with van der Waals surface area (Å²) in [7, 11) is 0. The van der Waals surface area contributed by atoms with Gasteiger partial charge >= 0.3 is 0 Å². The maximum atomic E-state index is 11.6. The first kappa shape index (κ1) is 8.90. The van der Waals surface area contributed by atoms with Crippen LogP contribution in [0, 0.1) is 0 Å². The monoisotopic (exact) mass is 189 g/mol. The first-order valence-electron chi connectivity index (χ1n) is 4.42. The van der Waals surface area contributed by atoms with E-state index in [2.05, 4.69) is 5.10 Å². The van der Waals surface area contributed by atoms with Crippen LogP contribution in [0.5, 0.6) is 0 Å². The maximum Gasteiger partial charge on any atom is 0.183 e. The minimum Gasteiger partial charge on any atom is -0.321 e. The van der Waals surface area contributed by atoms with Crippen LogP contribution in [-0.2, 0) is 0 Å². The second-order valence-corrected chi connectivity index (χ2v) is 3.24. The number of Topliss-reactive ketones (excluding diaryl/α,β-unsaturated/α-hetero) is 1. The molecular formula is C10H11N3O. The number of aromatic nitrogens is 2. The smallest absolute Gasteiger partial charge is 0.183 e. The van der Waals surface area contributed by atoms with Gasteiger partial charge in [0.1, 0.15) is 0 Å². The quantitative estimate of drug-likeness (QED) is 0.713. The number of pyridine rings is 1. The molecule has 2 heterocycles. The van der Waals surface area contributed by atoms with Crippen molar-refractivity contribution in [2.75, 3.05) is 0 Å². The summed E-state index contributed by atoms with van der Waals surface area (Å²) < 4.78 is 1.66. The second-order valence-electron chi connectivity index (χ2n) is 3.24. The molecular weight excluding hydrogens is 178 g/mol. The van der Waals surface area contributed by atoms with Crippen LogP contribution in [0.1, 0.15) is 17.3 Å². The van der Waals surface area contributed by atoms with Crippen molar-refractivity contribution in [3.8, 4) is 0 Å². The summed E-state index contributed by atoms with van der Waals surface area (Å²) in [4.78, 5) is 11.6.